The predicted octanol–water partition coefficient (Wildman–Crippen LogP) is 2.26. The maximum Gasteiger partial charge on any atom is 0.410 e. The Morgan fingerprint density at radius 2 is 2.00 bits per heavy atom. The first kappa shape index (κ1) is 10.4. The molecule has 1 heterocycles. The molecule has 1 amide bonds. The highest BCUT2D eigenvalue weighted by atomic mass is 16.6. The zero-order valence-corrected chi connectivity index (χ0v) is 9.13. The predicted molar refractivity (Wildman–Crippen MR) is 51.6 cm³/mol. The molecule has 0 N–H and O–H groups in total. The highest BCUT2D eigenvalue weighted by Crippen LogP contribution is 2.27. The summed E-state index contributed by atoms with van der Waals surface area (Å²) >= 11 is 0. The van der Waals surface area contributed by atoms with Crippen molar-refractivity contribution in [1.29, 1.82) is 0 Å². The van der Waals surface area contributed by atoms with E-state index >= 15 is 0 Å². The van der Waals surface area contributed by atoms with Crippen LogP contribution in [0.5, 0.6) is 0 Å². The second-order valence-corrected chi connectivity index (χ2v) is 4.93. The van der Waals surface area contributed by atoms with Gasteiger partial charge in [-0.25, -0.2) is 4.79 Å². The van der Waals surface area contributed by atoms with Crippen LogP contribution in [0.4, 0.5) is 4.79 Å². The number of hydrogen-bond donors (Lipinski definition) is 0. The van der Waals surface area contributed by atoms with Gasteiger partial charge in [-0.15, -0.1) is 0 Å². The van der Waals surface area contributed by atoms with Crippen molar-refractivity contribution in [2.45, 2.75) is 46.2 Å². The fourth-order valence-corrected chi connectivity index (χ4v) is 1.70. The van der Waals surface area contributed by atoms with Gasteiger partial charge in [0.2, 0.25) is 0 Å². The first-order valence-corrected chi connectivity index (χ1v) is 4.80. The van der Waals surface area contributed by atoms with E-state index in [0.717, 1.165) is 0 Å². The van der Waals surface area contributed by atoms with E-state index < -0.39 is 0 Å². The normalized spacial score (nSPS) is 24.0. The van der Waals surface area contributed by atoms with Gasteiger partial charge in [0.1, 0.15) is 6.61 Å². The minimum atomic E-state index is -0.175. The van der Waals surface area contributed by atoms with Crippen LogP contribution < -0.4 is 0 Å². The average molecular weight is 185 g/mol. The van der Waals surface area contributed by atoms with E-state index in [9.17, 15) is 4.79 Å². The van der Waals surface area contributed by atoms with Crippen LogP contribution in [0.15, 0.2) is 0 Å². The third-order valence-corrected chi connectivity index (χ3v) is 2.40. The van der Waals surface area contributed by atoms with Gasteiger partial charge in [-0.2, -0.15) is 0 Å². The molecule has 1 fully saturated rings. The van der Waals surface area contributed by atoms with Crippen molar-refractivity contribution in [3.63, 3.8) is 0 Å². The van der Waals surface area contributed by atoms with Crippen LogP contribution in [0.3, 0.4) is 0 Å². The lowest BCUT2D eigenvalue weighted by Crippen LogP contribution is -2.49. The fourth-order valence-electron chi connectivity index (χ4n) is 1.70. The first-order valence-electron chi connectivity index (χ1n) is 4.80. The summed E-state index contributed by atoms with van der Waals surface area (Å²) in [5, 5.41) is 0. The molecule has 3 heteroatoms. The molecule has 0 radical (unpaired) electrons. The van der Waals surface area contributed by atoms with E-state index in [0.29, 0.717) is 12.5 Å². The summed E-state index contributed by atoms with van der Waals surface area (Å²) in [5.41, 5.74) is -0.136. The van der Waals surface area contributed by atoms with Gasteiger partial charge >= 0.3 is 6.09 Å². The van der Waals surface area contributed by atoms with E-state index in [-0.39, 0.29) is 17.7 Å². The number of hydrogen-bond acceptors (Lipinski definition) is 2. The minimum Gasteiger partial charge on any atom is -0.447 e. The molecule has 1 atom stereocenters. The molecule has 1 saturated heterocycles. The number of amides is 1. The molecule has 0 bridgehead atoms. The molecular formula is C10H19NO2. The Balaban J connectivity index is 2.84. The smallest absolute Gasteiger partial charge is 0.410 e. The largest absolute Gasteiger partial charge is 0.447 e. The molecule has 0 spiro atoms. The van der Waals surface area contributed by atoms with Crippen LogP contribution in [0.2, 0.25) is 0 Å². The molecule has 0 aliphatic carbocycles. The Morgan fingerprint density at radius 3 is 2.31 bits per heavy atom. The van der Waals surface area contributed by atoms with Crippen LogP contribution in [0, 0.1) is 5.92 Å². The van der Waals surface area contributed by atoms with E-state index in [2.05, 4.69) is 13.8 Å². The first-order chi connectivity index (χ1) is 5.84. The highest BCUT2D eigenvalue weighted by molar-refractivity contribution is 5.71. The number of carbonyl (C=O) groups is 1. The Labute approximate surface area is 80.1 Å². The van der Waals surface area contributed by atoms with Crippen molar-refractivity contribution in [2.24, 2.45) is 5.92 Å². The molecule has 1 aliphatic rings. The summed E-state index contributed by atoms with van der Waals surface area (Å²) in [4.78, 5) is 13.3. The van der Waals surface area contributed by atoms with Crippen LogP contribution in [-0.4, -0.2) is 29.2 Å². The number of carbonyl (C=O) groups excluding carboxylic acids is 1. The Kier molecular flexibility index (Phi) is 2.55. The van der Waals surface area contributed by atoms with E-state index in [1.807, 2.05) is 25.7 Å². The zero-order valence-electron chi connectivity index (χ0n) is 9.13. The van der Waals surface area contributed by atoms with Crippen LogP contribution in [-0.2, 0) is 4.74 Å². The lowest BCUT2D eigenvalue weighted by atomic mass is 9.98. The van der Waals surface area contributed by atoms with Gasteiger partial charge in [0, 0.05) is 5.54 Å². The molecule has 0 unspecified atom stereocenters. The molecule has 76 valence electrons. The molecule has 13 heavy (non-hydrogen) atoms. The Hall–Kier alpha value is -0.730. The summed E-state index contributed by atoms with van der Waals surface area (Å²) in [6.07, 6.45) is -0.175. The fraction of sp³-hybridized carbons (Fsp3) is 0.900. The Morgan fingerprint density at radius 1 is 1.46 bits per heavy atom. The number of ether oxygens (including phenoxy) is 1. The number of cyclic esters (lactones) is 1. The van der Waals surface area contributed by atoms with Gasteiger partial charge in [-0.3, -0.25) is 4.90 Å². The average Bonchev–Trinajstić information content (AvgIpc) is 2.28. The quantitative estimate of drug-likeness (QED) is 0.627. The van der Waals surface area contributed by atoms with Crippen molar-refractivity contribution in [1.82, 2.24) is 4.90 Å². The Bertz CT molecular complexity index is 205. The van der Waals surface area contributed by atoms with Crippen molar-refractivity contribution < 1.29 is 9.53 Å². The van der Waals surface area contributed by atoms with Crippen molar-refractivity contribution in [3.05, 3.63) is 0 Å². The summed E-state index contributed by atoms with van der Waals surface area (Å²) in [7, 11) is 0. The van der Waals surface area contributed by atoms with Gasteiger partial charge < -0.3 is 4.74 Å². The standard InChI is InChI=1S/C10H19NO2/c1-7(2)8-6-13-9(12)11(8)10(3,4)5/h7-8H,6H2,1-5H3/t8-/m1/s1. The van der Waals surface area contributed by atoms with E-state index in [4.69, 9.17) is 4.74 Å². The maximum absolute atomic E-state index is 11.4. The van der Waals surface area contributed by atoms with Crippen molar-refractivity contribution in [3.8, 4) is 0 Å². The molecular weight excluding hydrogens is 166 g/mol. The third-order valence-electron chi connectivity index (χ3n) is 2.40. The summed E-state index contributed by atoms with van der Waals surface area (Å²) < 4.78 is 5.05. The van der Waals surface area contributed by atoms with Gasteiger partial charge in [0.25, 0.3) is 0 Å². The molecule has 0 aromatic rings. The summed E-state index contributed by atoms with van der Waals surface area (Å²) in [6.45, 7) is 10.9. The highest BCUT2D eigenvalue weighted by Gasteiger charge is 2.41. The molecule has 0 saturated carbocycles. The summed E-state index contributed by atoms with van der Waals surface area (Å²) in [6, 6.07) is 0.229. The molecule has 0 aromatic carbocycles. The van der Waals surface area contributed by atoms with Crippen LogP contribution in [0.1, 0.15) is 34.6 Å². The SMILES string of the molecule is CC(C)[C@H]1COC(=O)N1C(C)(C)C. The third kappa shape index (κ3) is 1.95. The van der Waals surface area contributed by atoms with Crippen molar-refractivity contribution in [2.75, 3.05) is 6.61 Å². The zero-order chi connectivity index (χ0) is 10.2. The van der Waals surface area contributed by atoms with Gasteiger partial charge in [0.15, 0.2) is 0 Å². The van der Waals surface area contributed by atoms with E-state index in [1.54, 1.807) is 0 Å². The van der Waals surface area contributed by atoms with Crippen LogP contribution in [0.25, 0.3) is 0 Å². The lowest BCUT2D eigenvalue weighted by Gasteiger charge is -2.36. The van der Waals surface area contributed by atoms with Crippen LogP contribution >= 0.6 is 0 Å². The molecule has 1 aliphatic heterocycles. The van der Waals surface area contributed by atoms with E-state index in [1.165, 1.54) is 0 Å². The number of nitrogens with zero attached hydrogens (tertiary/aromatic N) is 1. The monoisotopic (exact) mass is 185 g/mol. The molecule has 0 aromatic heterocycles. The minimum absolute atomic E-state index is 0.136. The lowest BCUT2D eigenvalue weighted by molar-refractivity contribution is 0.112. The topological polar surface area (TPSA) is 29.5 Å². The van der Waals surface area contributed by atoms with Gasteiger partial charge in [-0.1, -0.05) is 13.8 Å². The van der Waals surface area contributed by atoms with Gasteiger partial charge in [-0.05, 0) is 26.7 Å². The second kappa shape index (κ2) is 3.20. The summed E-state index contributed by atoms with van der Waals surface area (Å²) in [5.74, 6) is 0.450. The van der Waals surface area contributed by atoms with Gasteiger partial charge in [0.05, 0.1) is 6.04 Å². The molecule has 3 nitrogen and oxygen atoms in total. The second-order valence-electron chi connectivity index (χ2n) is 4.93. The van der Waals surface area contributed by atoms with Crippen molar-refractivity contribution >= 4 is 6.09 Å². The number of rotatable bonds is 1. The maximum atomic E-state index is 11.4. The molecule has 1 rings (SSSR count).